The summed E-state index contributed by atoms with van der Waals surface area (Å²) < 4.78 is 12.1. The van der Waals surface area contributed by atoms with Crippen molar-refractivity contribution >= 4 is 49.7 Å². The van der Waals surface area contributed by atoms with E-state index in [4.69, 9.17) is 9.15 Å². The topological polar surface area (TPSA) is 103 Å². The molecule has 0 aliphatic heterocycles. The van der Waals surface area contributed by atoms with Gasteiger partial charge >= 0.3 is 11.7 Å². The van der Waals surface area contributed by atoms with E-state index in [9.17, 15) is 14.4 Å². The fourth-order valence-electron chi connectivity index (χ4n) is 2.79. The Morgan fingerprint density at radius 3 is 2.89 bits per heavy atom. The molecule has 0 spiro atoms. The van der Waals surface area contributed by atoms with Crippen molar-refractivity contribution in [2.24, 2.45) is 0 Å². The van der Waals surface area contributed by atoms with Gasteiger partial charge in [0, 0.05) is 0 Å². The maximum atomic E-state index is 12.4. The highest BCUT2D eigenvalue weighted by Crippen LogP contribution is 2.27. The molecule has 0 bridgehead atoms. The summed E-state index contributed by atoms with van der Waals surface area (Å²) in [6, 6.07) is 11.9. The predicted molar refractivity (Wildman–Crippen MR) is 105 cm³/mol. The third-order valence-corrected chi connectivity index (χ3v) is 4.95. The third kappa shape index (κ3) is 3.39. The first-order valence-corrected chi connectivity index (χ1v) is 9.32. The molecule has 4 aromatic rings. The molecule has 142 valence electrons. The smallest absolute Gasteiger partial charge is 0.420 e. The van der Waals surface area contributed by atoms with Crippen LogP contribution in [0.5, 0.6) is 0 Å². The first-order valence-electron chi connectivity index (χ1n) is 8.51. The van der Waals surface area contributed by atoms with E-state index in [-0.39, 0.29) is 6.54 Å². The summed E-state index contributed by atoms with van der Waals surface area (Å²) in [5, 5.41) is 3.06. The monoisotopic (exact) mass is 397 g/mol. The first kappa shape index (κ1) is 17.9. The number of benzene rings is 2. The number of fused-ring (bicyclic) bond motifs is 2. The van der Waals surface area contributed by atoms with Gasteiger partial charge in [0.05, 0.1) is 27.9 Å². The highest BCUT2D eigenvalue weighted by molar-refractivity contribution is 7.22. The van der Waals surface area contributed by atoms with Crippen LogP contribution in [0.3, 0.4) is 0 Å². The van der Waals surface area contributed by atoms with E-state index in [0.29, 0.717) is 33.9 Å². The summed E-state index contributed by atoms with van der Waals surface area (Å²) in [6.45, 7) is 1.84. The van der Waals surface area contributed by atoms with Gasteiger partial charge in [0.25, 0.3) is 0 Å². The number of amides is 1. The largest absolute Gasteiger partial charge is 0.462 e. The highest BCUT2D eigenvalue weighted by Gasteiger charge is 2.15. The molecule has 2 aromatic carbocycles. The lowest BCUT2D eigenvalue weighted by atomic mass is 10.2. The number of thiazole rings is 1. The minimum absolute atomic E-state index is 0.195. The summed E-state index contributed by atoms with van der Waals surface area (Å²) in [5.74, 6) is -1.41. The van der Waals surface area contributed by atoms with E-state index in [2.05, 4.69) is 10.3 Å². The van der Waals surface area contributed by atoms with Crippen LogP contribution in [-0.4, -0.2) is 28.0 Å². The van der Waals surface area contributed by atoms with Gasteiger partial charge in [-0.3, -0.25) is 9.36 Å². The number of nitrogens with one attached hydrogen (secondary N) is 1. The number of hydrogen-bond donors (Lipinski definition) is 1. The Morgan fingerprint density at radius 1 is 1.25 bits per heavy atom. The van der Waals surface area contributed by atoms with Crippen LogP contribution in [0.15, 0.2) is 51.7 Å². The summed E-state index contributed by atoms with van der Waals surface area (Å²) in [5.41, 5.74) is 2.05. The van der Waals surface area contributed by atoms with E-state index < -0.39 is 17.6 Å². The zero-order chi connectivity index (χ0) is 19.7. The van der Waals surface area contributed by atoms with E-state index in [0.717, 1.165) is 4.70 Å². The van der Waals surface area contributed by atoms with Crippen LogP contribution in [0, 0.1) is 0 Å². The Hall–Kier alpha value is -3.46. The van der Waals surface area contributed by atoms with Crippen LogP contribution in [0.25, 0.3) is 21.3 Å². The van der Waals surface area contributed by atoms with Gasteiger partial charge in [0.15, 0.2) is 10.7 Å². The first-order chi connectivity index (χ1) is 13.5. The normalized spacial score (nSPS) is 11.0. The minimum Gasteiger partial charge on any atom is -0.462 e. The average Bonchev–Trinajstić information content (AvgIpc) is 3.21. The van der Waals surface area contributed by atoms with E-state index in [1.807, 2.05) is 0 Å². The van der Waals surface area contributed by atoms with Gasteiger partial charge < -0.3 is 14.5 Å². The average molecular weight is 397 g/mol. The predicted octanol–water partition coefficient (Wildman–Crippen LogP) is 3.02. The zero-order valence-electron chi connectivity index (χ0n) is 14.8. The number of carbonyl (C=O) groups excluding carboxylic acids is 2. The molecule has 0 unspecified atom stereocenters. The van der Waals surface area contributed by atoms with Crippen LogP contribution < -0.4 is 11.1 Å². The molecule has 0 radical (unpaired) electrons. The number of aromatic nitrogens is 2. The number of para-hydroxylation sites is 2. The molecule has 0 atom stereocenters. The summed E-state index contributed by atoms with van der Waals surface area (Å²) >= 11 is 1.23. The fraction of sp³-hybridized carbons (Fsp3) is 0.158. The Labute approximate surface area is 162 Å². The quantitative estimate of drug-likeness (QED) is 0.519. The number of nitrogens with zero attached hydrogens (tertiary/aromatic N) is 2. The second kappa shape index (κ2) is 7.28. The summed E-state index contributed by atoms with van der Waals surface area (Å²) in [6.07, 6.45) is 0. The van der Waals surface area contributed by atoms with Gasteiger partial charge in [-0.25, -0.2) is 14.6 Å². The van der Waals surface area contributed by atoms with E-state index >= 15 is 0 Å². The van der Waals surface area contributed by atoms with Crippen LogP contribution in [0.1, 0.15) is 17.3 Å². The minimum atomic E-state index is -0.597. The zero-order valence-corrected chi connectivity index (χ0v) is 15.6. The maximum Gasteiger partial charge on any atom is 0.420 e. The number of rotatable bonds is 5. The van der Waals surface area contributed by atoms with Crippen LogP contribution in [-0.2, 0) is 16.1 Å². The number of esters is 1. The van der Waals surface area contributed by atoms with Gasteiger partial charge in [0.1, 0.15) is 6.54 Å². The van der Waals surface area contributed by atoms with Crippen molar-refractivity contribution in [3.05, 3.63) is 58.6 Å². The SMILES string of the molecule is CCOC(=O)c1ccc2nc(NC(=O)Cn3c(=O)oc4ccccc43)sc2c1. The van der Waals surface area contributed by atoms with Crippen molar-refractivity contribution in [1.82, 2.24) is 9.55 Å². The second-order valence-electron chi connectivity index (χ2n) is 5.89. The molecule has 0 aliphatic carbocycles. The Morgan fingerprint density at radius 2 is 2.07 bits per heavy atom. The lowest BCUT2D eigenvalue weighted by Gasteiger charge is -2.02. The molecular weight excluding hydrogens is 382 g/mol. The van der Waals surface area contributed by atoms with Crippen molar-refractivity contribution < 1.29 is 18.7 Å². The number of oxazole rings is 1. The highest BCUT2D eigenvalue weighted by atomic mass is 32.1. The van der Waals surface area contributed by atoms with Crippen molar-refractivity contribution in [2.45, 2.75) is 13.5 Å². The summed E-state index contributed by atoms with van der Waals surface area (Å²) in [4.78, 5) is 40.6. The molecule has 0 fully saturated rings. The maximum absolute atomic E-state index is 12.4. The molecule has 2 aromatic heterocycles. The van der Waals surface area contributed by atoms with Crippen molar-refractivity contribution in [1.29, 1.82) is 0 Å². The van der Waals surface area contributed by atoms with Crippen LogP contribution in [0.2, 0.25) is 0 Å². The Kier molecular flexibility index (Phi) is 4.66. The molecule has 0 saturated carbocycles. The van der Waals surface area contributed by atoms with Crippen molar-refractivity contribution in [2.75, 3.05) is 11.9 Å². The second-order valence-corrected chi connectivity index (χ2v) is 6.92. The van der Waals surface area contributed by atoms with Gasteiger partial charge in [-0.1, -0.05) is 23.5 Å². The Balaban J connectivity index is 1.54. The molecule has 1 N–H and O–H groups in total. The Bertz CT molecular complexity index is 1250. The molecule has 2 heterocycles. The fourth-order valence-corrected chi connectivity index (χ4v) is 3.71. The van der Waals surface area contributed by atoms with Crippen LogP contribution in [0.4, 0.5) is 5.13 Å². The van der Waals surface area contributed by atoms with E-state index in [1.165, 1.54) is 15.9 Å². The van der Waals surface area contributed by atoms with Crippen LogP contribution >= 0.6 is 11.3 Å². The molecule has 9 heteroatoms. The molecule has 28 heavy (non-hydrogen) atoms. The molecule has 0 saturated heterocycles. The number of hydrogen-bond acceptors (Lipinski definition) is 7. The van der Waals surface area contributed by atoms with Gasteiger partial charge in [-0.15, -0.1) is 0 Å². The lowest BCUT2D eigenvalue weighted by molar-refractivity contribution is -0.116. The standard InChI is InChI=1S/C19H15N3O5S/c1-2-26-17(24)11-7-8-12-15(9-11)28-18(20-12)21-16(23)10-22-13-5-3-4-6-14(13)27-19(22)25/h3-9H,2,10H2,1H3,(H,20,21,23). The third-order valence-electron chi connectivity index (χ3n) is 4.02. The number of carbonyl (C=O) groups is 2. The number of anilines is 1. The number of ether oxygens (including phenoxy) is 1. The van der Waals surface area contributed by atoms with E-state index in [1.54, 1.807) is 49.4 Å². The van der Waals surface area contributed by atoms with Crippen molar-refractivity contribution in [3.63, 3.8) is 0 Å². The summed E-state index contributed by atoms with van der Waals surface area (Å²) in [7, 11) is 0. The molecule has 1 amide bonds. The van der Waals surface area contributed by atoms with Gasteiger partial charge in [0.2, 0.25) is 5.91 Å². The molecule has 8 nitrogen and oxygen atoms in total. The molecular formula is C19H15N3O5S. The lowest BCUT2D eigenvalue weighted by Crippen LogP contribution is -2.24. The molecule has 0 aliphatic rings. The van der Waals surface area contributed by atoms with Gasteiger partial charge in [-0.2, -0.15) is 0 Å². The molecule has 4 rings (SSSR count). The van der Waals surface area contributed by atoms with Crippen molar-refractivity contribution in [3.8, 4) is 0 Å². The van der Waals surface area contributed by atoms with Gasteiger partial charge in [-0.05, 0) is 37.3 Å².